The predicted molar refractivity (Wildman–Crippen MR) is 165 cm³/mol. The van der Waals surface area contributed by atoms with Crippen LogP contribution in [0.4, 0.5) is 0 Å². The summed E-state index contributed by atoms with van der Waals surface area (Å²) in [6.07, 6.45) is 6.75. The molecule has 1 aromatic rings. The minimum Gasteiger partial charge on any atom is -0.493 e. The molecular formula is C33H56N3O6+. The SMILES string of the molecule is CCCCN(CCCC[N+](C)(C)C)C(=O)CN1CC(c2cc(OC)c3c(c2)OCO3)C(C(=O)O)C1CC(C)(C)CCC. The van der Waals surface area contributed by atoms with E-state index >= 15 is 0 Å². The zero-order valence-electron chi connectivity index (χ0n) is 27.4. The van der Waals surface area contributed by atoms with Gasteiger partial charge in [0, 0.05) is 31.6 Å². The molecule has 9 heteroatoms. The fraction of sp³-hybridized carbons (Fsp3) is 0.758. The lowest BCUT2D eigenvalue weighted by molar-refractivity contribution is -0.870. The van der Waals surface area contributed by atoms with E-state index in [2.05, 4.69) is 53.7 Å². The monoisotopic (exact) mass is 590 g/mol. The number of benzene rings is 1. The van der Waals surface area contributed by atoms with E-state index in [0.717, 1.165) is 68.2 Å². The number of quaternary nitrogens is 1. The summed E-state index contributed by atoms with van der Waals surface area (Å²) in [6.45, 7) is 12.1. The Morgan fingerprint density at radius 2 is 1.81 bits per heavy atom. The third-order valence-corrected chi connectivity index (χ3v) is 8.81. The number of rotatable bonds is 17. The second-order valence-corrected chi connectivity index (χ2v) is 14.0. The molecule has 2 heterocycles. The van der Waals surface area contributed by atoms with Crippen LogP contribution in [0.3, 0.4) is 0 Å². The quantitative estimate of drug-likeness (QED) is 0.197. The van der Waals surface area contributed by atoms with Gasteiger partial charge in [0.15, 0.2) is 11.5 Å². The zero-order chi connectivity index (χ0) is 31.1. The average molecular weight is 591 g/mol. The van der Waals surface area contributed by atoms with Crippen LogP contribution in [-0.2, 0) is 9.59 Å². The lowest BCUT2D eigenvalue weighted by Crippen LogP contribution is -2.46. The summed E-state index contributed by atoms with van der Waals surface area (Å²) in [6, 6.07) is 3.52. The molecule has 0 aliphatic carbocycles. The van der Waals surface area contributed by atoms with Gasteiger partial charge in [-0.05, 0) is 55.2 Å². The predicted octanol–water partition coefficient (Wildman–Crippen LogP) is 5.22. The van der Waals surface area contributed by atoms with Crippen molar-refractivity contribution < 1.29 is 33.4 Å². The maximum atomic E-state index is 13.9. The van der Waals surface area contributed by atoms with Crippen LogP contribution in [0.1, 0.15) is 84.1 Å². The molecule has 9 nitrogen and oxygen atoms in total. The lowest BCUT2D eigenvalue weighted by Gasteiger charge is -2.35. The number of carboxylic acid groups (broad SMARTS) is 1. The van der Waals surface area contributed by atoms with Crippen molar-refractivity contribution in [2.45, 2.75) is 84.6 Å². The van der Waals surface area contributed by atoms with Gasteiger partial charge >= 0.3 is 5.97 Å². The Labute approximate surface area is 253 Å². The number of methoxy groups -OCH3 is 1. The smallest absolute Gasteiger partial charge is 0.308 e. The van der Waals surface area contributed by atoms with Crippen LogP contribution >= 0.6 is 0 Å². The minimum absolute atomic E-state index is 0.0526. The zero-order valence-corrected chi connectivity index (χ0v) is 27.4. The Kier molecular flexibility index (Phi) is 12.0. The lowest BCUT2D eigenvalue weighted by atomic mass is 9.76. The molecule has 3 rings (SSSR count). The summed E-state index contributed by atoms with van der Waals surface area (Å²) >= 11 is 0. The molecule has 42 heavy (non-hydrogen) atoms. The van der Waals surface area contributed by atoms with Gasteiger partial charge in [-0.15, -0.1) is 0 Å². The summed E-state index contributed by atoms with van der Waals surface area (Å²) in [7, 11) is 8.16. The topological polar surface area (TPSA) is 88.5 Å². The number of likely N-dealkylation sites (tertiary alicyclic amines) is 1. The molecule has 1 saturated heterocycles. The Hall–Kier alpha value is -2.52. The van der Waals surface area contributed by atoms with E-state index in [-0.39, 0.29) is 36.6 Å². The highest BCUT2D eigenvalue weighted by atomic mass is 16.7. The maximum absolute atomic E-state index is 13.9. The molecule has 1 N–H and O–H groups in total. The van der Waals surface area contributed by atoms with Crippen molar-refractivity contribution in [1.82, 2.24) is 9.80 Å². The maximum Gasteiger partial charge on any atom is 0.308 e. The Morgan fingerprint density at radius 1 is 1.10 bits per heavy atom. The number of fused-ring (bicyclic) bond motifs is 1. The van der Waals surface area contributed by atoms with Crippen molar-refractivity contribution in [2.24, 2.45) is 11.3 Å². The van der Waals surface area contributed by atoms with Crippen LogP contribution in [0.5, 0.6) is 17.2 Å². The average Bonchev–Trinajstić information content (AvgIpc) is 3.51. The van der Waals surface area contributed by atoms with Crippen LogP contribution < -0.4 is 14.2 Å². The Balaban J connectivity index is 1.90. The normalized spacial score (nSPS) is 20.6. The molecule has 2 aliphatic rings. The molecule has 0 bridgehead atoms. The Bertz CT molecular complexity index is 1050. The minimum atomic E-state index is -0.827. The number of amides is 1. The number of carbonyl (C=O) groups excluding carboxylic acids is 1. The van der Waals surface area contributed by atoms with E-state index in [0.29, 0.717) is 30.2 Å². The number of ether oxygens (including phenoxy) is 3. The number of hydrogen-bond acceptors (Lipinski definition) is 6. The molecule has 1 aromatic carbocycles. The first-order valence-electron chi connectivity index (χ1n) is 15.8. The molecule has 2 aliphatic heterocycles. The van der Waals surface area contributed by atoms with E-state index in [9.17, 15) is 14.7 Å². The van der Waals surface area contributed by atoms with Crippen LogP contribution in [0.15, 0.2) is 12.1 Å². The van der Waals surface area contributed by atoms with Gasteiger partial charge in [-0.3, -0.25) is 14.5 Å². The number of hydrogen-bond donors (Lipinski definition) is 1. The highest BCUT2D eigenvalue weighted by Crippen LogP contribution is 2.48. The van der Waals surface area contributed by atoms with E-state index in [1.165, 1.54) is 0 Å². The van der Waals surface area contributed by atoms with Gasteiger partial charge in [0.1, 0.15) is 0 Å². The fourth-order valence-corrected chi connectivity index (χ4v) is 6.67. The van der Waals surface area contributed by atoms with Crippen LogP contribution in [0.2, 0.25) is 0 Å². The highest BCUT2D eigenvalue weighted by Gasteiger charge is 2.49. The van der Waals surface area contributed by atoms with Crippen LogP contribution in [0.25, 0.3) is 0 Å². The van der Waals surface area contributed by atoms with Gasteiger partial charge in [0.2, 0.25) is 18.4 Å². The molecule has 1 fully saturated rings. The molecule has 0 radical (unpaired) electrons. The third kappa shape index (κ3) is 8.99. The van der Waals surface area contributed by atoms with E-state index in [4.69, 9.17) is 14.2 Å². The Morgan fingerprint density at radius 3 is 2.43 bits per heavy atom. The van der Waals surface area contributed by atoms with Gasteiger partial charge in [0.25, 0.3) is 0 Å². The second-order valence-electron chi connectivity index (χ2n) is 14.0. The van der Waals surface area contributed by atoms with Gasteiger partial charge in [-0.2, -0.15) is 0 Å². The third-order valence-electron chi connectivity index (χ3n) is 8.81. The van der Waals surface area contributed by atoms with Crippen molar-refractivity contribution >= 4 is 11.9 Å². The van der Waals surface area contributed by atoms with Crippen molar-refractivity contribution in [1.29, 1.82) is 0 Å². The van der Waals surface area contributed by atoms with E-state index in [1.807, 2.05) is 17.0 Å². The first-order chi connectivity index (χ1) is 19.8. The second kappa shape index (κ2) is 14.8. The molecule has 0 aromatic heterocycles. The van der Waals surface area contributed by atoms with Crippen molar-refractivity contribution in [3.05, 3.63) is 17.7 Å². The van der Waals surface area contributed by atoms with Crippen molar-refractivity contribution in [2.75, 3.05) is 67.8 Å². The summed E-state index contributed by atoms with van der Waals surface area (Å²) in [5.74, 6) is -0.0308. The number of unbranched alkanes of at least 4 members (excludes halogenated alkanes) is 2. The summed E-state index contributed by atoms with van der Waals surface area (Å²) in [5.41, 5.74) is 0.795. The van der Waals surface area contributed by atoms with Crippen molar-refractivity contribution in [3.63, 3.8) is 0 Å². The number of nitrogens with zero attached hydrogens (tertiary/aromatic N) is 3. The largest absolute Gasteiger partial charge is 0.493 e. The van der Waals surface area contributed by atoms with Gasteiger partial charge in [0.05, 0.1) is 47.3 Å². The molecular weight excluding hydrogens is 534 g/mol. The number of carboxylic acids is 1. The standard InChI is InChI=1S/C33H55N3O6/c1-9-11-15-34(16-12-13-17-36(5,6)7)29(37)22-35-21-25(24-18-27(40-8)31-28(19-24)41-23-42-31)30(32(38)39)26(35)20-33(3,4)14-10-2/h18-19,25-26,30H,9-17,20-23H2,1-8H3/p+1. The highest BCUT2D eigenvalue weighted by molar-refractivity contribution is 5.79. The summed E-state index contributed by atoms with van der Waals surface area (Å²) in [4.78, 5) is 31.0. The van der Waals surface area contributed by atoms with E-state index in [1.54, 1.807) is 7.11 Å². The summed E-state index contributed by atoms with van der Waals surface area (Å²) in [5, 5.41) is 10.6. The van der Waals surface area contributed by atoms with Gasteiger partial charge in [-0.25, -0.2) is 0 Å². The van der Waals surface area contributed by atoms with Crippen LogP contribution in [-0.4, -0.2) is 105 Å². The molecule has 238 valence electrons. The van der Waals surface area contributed by atoms with Gasteiger partial charge in [-0.1, -0.05) is 40.5 Å². The molecule has 0 saturated carbocycles. The molecule has 1 amide bonds. The van der Waals surface area contributed by atoms with Crippen LogP contribution in [0, 0.1) is 11.3 Å². The molecule has 0 spiro atoms. The number of carbonyl (C=O) groups is 2. The molecule has 3 unspecified atom stereocenters. The first kappa shape index (κ1) is 34.0. The fourth-order valence-electron chi connectivity index (χ4n) is 6.67. The first-order valence-corrected chi connectivity index (χ1v) is 15.8. The summed E-state index contributed by atoms with van der Waals surface area (Å²) < 4.78 is 17.8. The van der Waals surface area contributed by atoms with Gasteiger partial charge < -0.3 is 28.7 Å². The number of aliphatic carboxylic acids is 1. The van der Waals surface area contributed by atoms with E-state index < -0.39 is 11.9 Å². The van der Waals surface area contributed by atoms with Crippen molar-refractivity contribution in [3.8, 4) is 17.2 Å². The molecule has 3 atom stereocenters.